The molecule has 0 aliphatic rings. The van der Waals surface area contributed by atoms with Gasteiger partial charge >= 0.3 is 0 Å². The van der Waals surface area contributed by atoms with Crippen LogP contribution < -0.4 is 11.1 Å². The summed E-state index contributed by atoms with van der Waals surface area (Å²) in [5, 5.41) is 3.11. The van der Waals surface area contributed by atoms with Crippen LogP contribution in [0.5, 0.6) is 0 Å². The lowest BCUT2D eigenvalue weighted by atomic mass is 10.2. The number of aromatic amines is 1. The van der Waals surface area contributed by atoms with E-state index in [0.29, 0.717) is 5.69 Å². The highest BCUT2D eigenvalue weighted by molar-refractivity contribution is 5.80. The van der Waals surface area contributed by atoms with Crippen LogP contribution in [0.1, 0.15) is 0 Å². The number of nitrogen functional groups attached to an aromatic ring is 1. The topological polar surface area (TPSA) is 66.7 Å². The standard InChI is InChI=1S/C13H11FN4/c14-10-5-8(1-3-11(10)15)18-9-2-4-12-13(6-9)17-7-16-12/h1-7,18H,15H2,(H,16,17). The summed E-state index contributed by atoms with van der Waals surface area (Å²) in [5.74, 6) is -0.428. The third kappa shape index (κ3) is 1.86. The minimum atomic E-state index is -0.428. The van der Waals surface area contributed by atoms with Crippen molar-refractivity contribution in [2.24, 2.45) is 0 Å². The Bertz CT molecular complexity index is 705. The van der Waals surface area contributed by atoms with Crippen LogP contribution in [0.25, 0.3) is 11.0 Å². The van der Waals surface area contributed by atoms with Gasteiger partial charge in [0.25, 0.3) is 0 Å². The van der Waals surface area contributed by atoms with Gasteiger partial charge in [-0.3, -0.25) is 0 Å². The molecule has 0 saturated heterocycles. The van der Waals surface area contributed by atoms with E-state index in [0.717, 1.165) is 16.7 Å². The molecule has 4 nitrogen and oxygen atoms in total. The zero-order chi connectivity index (χ0) is 12.5. The molecule has 0 radical (unpaired) electrons. The number of nitrogens with two attached hydrogens (primary N) is 1. The number of benzene rings is 2. The predicted octanol–water partition coefficient (Wildman–Crippen LogP) is 3.03. The maximum atomic E-state index is 13.3. The van der Waals surface area contributed by atoms with Crippen molar-refractivity contribution in [3.63, 3.8) is 0 Å². The second kappa shape index (κ2) is 4.03. The van der Waals surface area contributed by atoms with Crippen molar-refractivity contribution >= 4 is 28.1 Å². The number of rotatable bonds is 2. The molecule has 0 spiro atoms. The molecule has 4 N–H and O–H groups in total. The van der Waals surface area contributed by atoms with E-state index in [4.69, 9.17) is 5.73 Å². The summed E-state index contributed by atoms with van der Waals surface area (Å²) in [5.41, 5.74) is 8.90. The number of aromatic nitrogens is 2. The smallest absolute Gasteiger partial charge is 0.148 e. The molecule has 90 valence electrons. The van der Waals surface area contributed by atoms with E-state index >= 15 is 0 Å². The van der Waals surface area contributed by atoms with E-state index in [2.05, 4.69) is 15.3 Å². The lowest BCUT2D eigenvalue weighted by Crippen LogP contribution is -1.94. The van der Waals surface area contributed by atoms with Crippen molar-refractivity contribution in [1.29, 1.82) is 0 Å². The number of hydrogen-bond donors (Lipinski definition) is 3. The Morgan fingerprint density at radius 3 is 2.72 bits per heavy atom. The van der Waals surface area contributed by atoms with Crippen LogP contribution in [-0.4, -0.2) is 9.97 Å². The first kappa shape index (κ1) is 10.6. The van der Waals surface area contributed by atoms with Crippen molar-refractivity contribution in [1.82, 2.24) is 9.97 Å². The van der Waals surface area contributed by atoms with Crippen LogP contribution in [-0.2, 0) is 0 Å². The first-order chi connectivity index (χ1) is 8.72. The van der Waals surface area contributed by atoms with Crippen molar-refractivity contribution in [3.8, 4) is 0 Å². The molecule has 0 aliphatic heterocycles. The Morgan fingerprint density at radius 2 is 1.89 bits per heavy atom. The Kier molecular flexibility index (Phi) is 2.37. The van der Waals surface area contributed by atoms with Crippen molar-refractivity contribution in [3.05, 3.63) is 48.5 Å². The molecule has 0 unspecified atom stereocenters. The quantitative estimate of drug-likeness (QED) is 0.605. The summed E-state index contributed by atoms with van der Waals surface area (Å²) in [7, 11) is 0. The van der Waals surface area contributed by atoms with Crippen LogP contribution in [0.15, 0.2) is 42.7 Å². The second-order valence-electron chi connectivity index (χ2n) is 4.00. The first-order valence-corrected chi connectivity index (χ1v) is 5.47. The van der Waals surface area contributed by atoms with Crippen molar-refractivity contribution in [2.45, 2.75) is 0 Å². The molecule has 0 saturated carbocycles. The van der Waals surface area contributed by atoms with Crippen LogP contribution in [0.4, 0.5) is 21.5 Å². The van der Waals surface area contributed by atoms with E-state index in [9.17, 15) is 4.39 Å². The molecule has 5 heteroatoms. The number of nitrogens with zero attached hydrogens (tertiary/aromatic N) is 1. The average Bonchev–Trinajstić information content (AvgIpc) is 2.81. The third-order valence-electron chi connectivity index (χ3n) is 2.71. The highest BCUT2D eigenvalue weighted by atomic mass is 19.1. The molecule has 0 fully saturated rings. The van der Waals surface area contributed by atoms with Gasteiger partial charge in [0.05, 0.1) is 23.0 Å². The predicted molar refractivity (Wildman–Crippen MR) is 70.2 cm³/mol. The maximum Gasteiger partial charge on any atom is 0.148 e. The fourth-order valence-electron chi connectivity index (χ4n) is 1.78. The number of fused-ring (bicyclic) bond motifs is 1. The van der Waals surface area contributed by atoms with Gasteiger partial charge in [-0.1, -0.05) is 0 Å². The number of anilines is 3. The van der Waals surface area contributed by atoms with Crippen LogP contribution in [0, 0.1) is 5.82 Å². The van der Waals surface area contributed by atoms with Crippen LogP contribution in [0.3, 0.4) is 0 Å². The maximum absolute atomic E-state index is 13.3. The normalized spacial score (nSPS) is 10.7. The lowest BCUT2D eigenvalue weighted by molar-refractivity contribution is 0.633. The summed E-state index contributed by atoms with van der Waals surface area (Å²) in [4.78, 5) is 7.15. The SMILES string of the molecule is Nc1ccc(Nc2ccc3nc[nH]c3c2)cc1F. The largest absolute Gasteiger partial charge is 0.396 e. The van der Waals surface area contributed by atoms with Gasteiger partial charge in [-0.15, -0.1) is 0 Å². The Morgan fingerprint density at radius 1 is 1.11 bits per heavy atom. The number of nitrogens with one attached hydrogen (secondary N) is 2. The number of hydrogen-bond acceptors (Lipinski definition) is 3. The molecule has 3 aromatic rings. The molecule has 0 aliphatic carbocycles. The van der Waals surface area contributed by atoms with Crippen molar-refractivity contribution < 1.29 is 4.39 Å². The zero-order valence-corrected chi connectivity index (χ0v) is 9.44. The molecule has 0 atom stereocenters. The summed E-state index contributed by atoms with van der Waals surface area (Å²) < 4.78 is 13.3. The van der Waals surface area contributed by atoms with Crippen LogP contribution in [0.2, 0.25) is 0 Å². The lowest BCUT2D eigenvalue weighted by Gasteiger charge is -2.07. The van der Waals surface area contributed by atoms with Gasteiger partial charge in [-0.25, -0.2) is 9.37 Å². The third-order valence-corrected chi connectivity index (χ3v) is 2.71. The molecule has 2 aromatic carbocycles. The summed E-state index contributed by atoms with van der Waals surface area (Å²) >= 11 is 0. The molecule has 0 bridgehead atoms. The Hall–Kier alpha value is -2.56. The molecule has 0 amide bonds. The number of imidazole rings is 1. The second-order valence-corrected chi connectivity index (χ2v) is 4.00. The first-order valence-electron chi connectivity index (χ1n) is 5.47. The van der Waals surface area contributed by atoms with E-state index in [1.807, 2.05) is 18.2 Å². The zero-order valence-electron chi connectivity index (χ0n) is 9.44. The van der Waals surface area contributed by atoms with E-state index in [-0.39, 0.29) is 5.69 Å². The monoisotopic (exact) mass is 242 g/mol. The van der Waals surface area contributed by atoms with E-state index < -0.39 is 5.82 Å². The Labute approximate surface area is 103 Å². The highest BCUT2D eigenvalue weighted by Crippen LogP contribution is 2.22. The molecule has 3 rings (SSSR count). The molecule has 1 aromatic heterocycles. The minimum absolute atomic E-state index is 0.143. The number of H-pyrrole nitrogens is 1. The fraction of sp³-hybridized carbons (Fsp3) is 0. The molecule has 18 heavy (non-hydrogen) atoms. The number of halogens is 1. The van der Waals surface area contributed by atoms with Gasteiger partial charge in [-0.05, 0) is 36.4 Å². The summed E-state index contributed by atoms with van der Waals surface area (Å²) in [6.07, 6.45) is 1.64. The van der Waals surface area contributed by atoms with Crippen LogP contribution >= 0.6 is 0 Å². The van der Waals surface area contributed by atoms with Gasteiger partial charge < -0.3 is 16.0 Å². The van der Waals surface area contributed by atoms with Gasteiger partial charge in [0.15, 0.2) is 0 Å². The van der Waals surface area contributed by atoms with Crippen molar-refractivity contribution in [2.75, 3.05) is 11.1 Å². The van der Waals surface area contributed by atoms with Gasteiger partial charge in [0.1, 0.15) is 5.82 Å². The minimum Gasteiger partial charge on any atom is -0.396 e. The fourth-order valence-corrected chi connectivity index (χ4v) is 1.78. The highest BCUT2D eigenvalue weighted by Gasteiger charge is 2.02. The Balaban J connectivity index is 1.92. The van der Waals surface area contributed by atoms with E-state index in [1.54, 1.807) is 12.4 Å². The van der Waals surface area contributed by atoms with Gasteiger partial charge in [0.2, 0.25) is 0 Å². The van der Waals surface area contributed by atoms with E-state index in [1.165, 1.54) is 12.1 Å². The average molecular weight is 242 g/mol. The molecular weight excluding hydrogens is 231 g/mol. The van der Waals surface area contributed by atoms with Gasteiger partial charge in [0, 0.05) is 11.4 Å². The summed E-state index contributed by atoms with van der Waals surface area (Å²) in [6, 6.07) is 10.3. The van der Waals surface area contributed by atoms with Gasteiger partial charge in [-0.2, -0.15) is 0 Å². The molecule has 1 heterocycles. The molecular formula is C13H11FN4. The summed E-state index contributed by atoms with van der Waals surface area (Å²) in [6.45, 7) is 0.